The number of aryl methyl sites for hydroxylation is 1. The van der Waals surface area contributed by atoms with Crippen molar-refractivity contribution in [2.45, 2.75) is 26.3 Å². The molecule has 0 aliphatic carbocycles. The second-order valence-corrected chi connectivity index (χ2v) is 7.26. The molecular weight excluding hydrogens is 354 g/mol. The number of amides is 2. The third-order valence-electron chi connectivity index (χ3n) is 5.06. The predicted octanol–water partition coefficient (Wildman–Crippen LogP) is 2.71. The molecule has 1 fully saturated rings. The second-order valence-electron chi connectivity index (χ2n) is 7.26. The van der Waals surface area contributed by atoms with Crippen molar-refractivity contribution in [3.8, 4) is 5.75 Å². The van der Waals surface area contributed by atoms with E-state index in [1.54, 1.807) is 0 Å². The lowest BCUT2D eigenvalue weighted by Gasteiger charge is -2.30. The van der Waals surface area contributed by atoms with E-state index >= 15 is 0 Å². The number of hydrogen-bond acceptors (Lipinski definition) is 4. The van der Waals surface area contributed by atoms with Crippen LogP contribution in [0, 0.1) is 12.8 Å². The van der Waals surface area contributed by atoms with Crippen LogP contribution in [0.1, 0.15) is 24.0 Å². The molecule has 2 amide bonds. The first-order valence-corrected chi connectivity index (χ1v) is 9.60. The molecule has 0 radical (unpaired) electrons. The van der Waals surface area contributed by atoms with Crippen molar-refractivity contribution in [1.29, 1.82) is 0 Å². The van der Waals surface area contributed by atoms with Gasteiger partial charge in [-0.25, -0.2) is 0 Å². The van der Waals surface area contributed by atoms with Crippen LogP contribution in [0.4, 0.5) is 5.69 Å². The van der Waals surface area contributed by atoms with Crippen LogP contribution >= 0.6 is 0 Å². The highest BCUT2D eigenvalue weighted by Crippen LogP contribution is 2.20. The number of primary amides is 1. The summed E-state index contributed by atoms with van der Waals surface area (Å²) < 4.78 is 5.59. The minimum Gasteiger partial charge on any atom is -0.483 e. The largest absolute Gasteiger partial charge is 0.483 e. The van der Waals surface area contributed by atoms with E-state index in [0.717, 1.165) is 49.3 Å². The van der Waals surface area contributed by atoms with Crippen LogP contribution in [0.2, 0.25) is 0 Å². The van der Waals surface area contributed by atoms with Crippen LogP contribution < -0.4 is 15.8 Å². The third-order valence-corrected chi connectivity index (χ3v) is 5.06. The fourth-order valence-corrected chi connectivity index (χ4v) is 3.44. The molecule has 0 atom stereocenters. The van der Waals surface area contributed by atoms with Gasteiger partial charge < -0.3 is 15.8 Å². The normalized spacial score (nSPS) is 15.2. The minimum absolute atomic E-state index is 0.00451. The molecular formula is C22H27N3O3. The third kappa shape index (κ3) is 5.57. The molecule has 0 bridgehead atoms. The number of ether oxygens (including phenoxy) is 1. The number of piperidine rings is 1. The van der Waals surface area contributed by atoms with Crippen LogP contribution in [0.15, 0.2) is 48.5 Å². The van der Waals surface area contributed by atoms with Crippen LogP contribution in [-0.2, 0) is 16.1 Å². The summed E-state index contributed by atoms with van der Waals surface area (Å²) in [7, 11) is 0. The Hall–Kier alpha value is -2.86. The zero-order valence-electron chi connectivity index (χ0n) is 16.2. The van der Waals surface area contributed by atoms with Crippen LogP contribution in [0.3, 0.4) is 0 Å². The number of carbonyl (C=O) groups is 2. The number of likely N-dealkylation sites (tertiary alicyclic amines) is 1. The molecule has 1 saturated heterocycles. The summed E-state index contributed by atoms with van der Waals surface area (Å²) in [4.78, 5) is 25.8. The van der Waals surface area contributed by atoms with Crippen molar-refractivity contribution < 1.29 is 14.3 Å². The highest BCUT2D eigenvalue weighted by atomic mass is 16.5. The van der Waals surface area contributed by atoms with Crippen molar-refractivity contribution in [3.05, 3.63) is 59.7 Å². The molecule has 1 heterocycles. The van der Waals surface area contributed by atoms with Crippen LogP contribution in [0.5, 0.6) is 5.75 Å². The van der Waals surface area contributed by atoms with Gasteiger partial charge in [-0.2, -0.15) is 0 Å². The molecule has 3 rings (SSSR count). The number of nitrogens with zero attached hydrogens (tertiary/aromatic N) is 1. The minimum atomic E-state index is -0.197. The lowest BCUT2D eigenvalue weighted by Crippen LogP contribution is -2.38. The molecule has 0 unspecified atom stereocenters. The molecule has 1 aliphatic rings. The molecule has 0 saturated carbocycles. The maximum absolute atomic E-state index is 12.2. The smallest absolute Gasteiger partial charge is 0.262 e. The van der Waals surface area contributed by atoms with E-state index in [0.29, 0.717) is 5.75 Å². The number of anilines is 1. The van der Waals surface area contributed by atoms with Crippen molar-refractivity contribution in [1.82, 2.24) is 4.90 Å². The van der Waals surface area contributed by atoms with Crippen LogP contribution in [-0.4, -0.2) is 36.4 Å². The summed E-state index contributed by atoms with van der Waals surface area (Å²) in [6.45, 7) is 4.41. The van der Waals surface area contributed by atoms with Crippen molar-refractivity contribution in [2.75, 3.05) is 25.0 Å². The lowest BCUT2D eigenvalue weighted by atomic mass is 9.96. The zero-order chi connectivity index (χ0) is 19.9. The Morgan fingerprint density at radius 1 is 1.14 bits per heavy atom. The van der Waals surface area contributed by atoms with Gasteiger partial charge in [0.2, 0.25) is 5.91 Å². The number of carbonyl (C=O) groups excluding carboxylic acids is 2. The molecule has 6 heteroatoms. The molecule has 2 aromatic carbocycles. The quantitative estimate of drug-likeness (QED) is 0.772. The number of para-hydroxylation sites is 1. The maximum Gasteiger partial charge on any atom is 0.262 e. The Kier molecular flexibility index (Phi) is 6.66. The van der Waals surface area contributed by atoms with E-state index in [1.165, 1.54) is 0 Å². The van der Waals surface area contributed by atoms with E-state index in [1.807, 2.05) is 55.5 Å². The number of rotatable bonds is 7. The number of hydrogen-bond donors (Lipinski definition) is 2. The Labute approximate surface area is 165 Å². The summed E-state index contributed by atoms with van der Waals surface area (Å²) in [5.74, 6) is 0.320. The molecule has 3 N–H and O–H groups in total. The van der Waals surface area contributed by atoms with Gasteiger partial charge in [0.05, 0.1) is 0 Å². The zero-order valence-corrected chi connectivity index (χ0v) is 16.2. The SMILES string of the molecule is Cc1ccccc1OCC(=O)Nc1cccc(CN2CCC(C(N)=O)CC2)c1. The average Bonchev–Trinajstić information content (AvgIpc) is 2.68. The molecule has 28 heavy (non-hydrogen) atoms. The summed E-state index contributed by atoms with van der Waals surface area (Å²) in [5, 5.41) is 2.89. The van der Waals surface area contributed by atoms with Gasteiger partial charge in [0, 0.05) is 18.2 Å². The Bertz CT molecular complexity index is 829. The Morgan fingerprint density at radius 3 is 2.61 bits per heavy atom. The van der Waals surface area contributed by atoms with Gasteiger partial charge in [0.25, 0.3) is 5.91 Å². The van der Waals surface area contributed by atoms with Crippen LogP contribution in [0.25, 0.3) is 0 Å². The standard InChI is InChI=1S/C22H27N3O3/c1-16-5-2-3-8-20(16)28-15-21(26)24-19-7-4-6-17(13-19)14-25-11-9-18(10-12-25)22(23)27/h2-8,13,18H,9-12,14-15H2,1H3,(H2,23,27)(H,24,26). The van der Waals surface area contributed by atoms with Gasteiger partial charge in [-0.15, -0.1) is 0 Å². The molecule has 2 aromatic rings. The van der Waals surface area contributed by atoms with Crippen molar-refractivity contribution >= 4 is 17.5 Å². The highest BCUT2D eigenvalue weighted by Gasteiger charge is 2.23. The van der Waals surface area contributed by atoms with E-state index in [4.69, 9.17) is 10.5 Å². The first-order chi connectivity index (χ1) is 13.5. The van der Waals surface area contributed by atoms with Crippen molar-refractivity contribution in [2.24, 2.45) is 11.7 Å². The average molecular weight is 381 g/mol. The summed E-state index contributed by atoms with van der Waals surface area (Å²) in [6.07, 6.45) is 1.62. The molecule has 1 aliphatic heterocycles. The van der Waals surface area contributed by atoms with Gasteiger partial charge in [0.1, 0.15) is 5.75 Å². The lowest BCUT2D eigenvalue weighted by molar-refractivity contribution is -0.123. The highest BCUT2D eigenvalue weighted by molar-refractivity contribution is 5.91. The fraction of sp³-hybridized carbons (Fsp3) is 0.364. The monoisotopic (exact) mass is 381 g/mol. The fourth-order valence-electron chi connectivity index (χ4n) is 3.44. The Morgan fingerprint density at radius 2 is 1.89 bits per heavy atom. The molecule has 0 aromatic heterocycles. The topological polar surface area (TPSA) is 84.7 Å². The molecule has 148 valence electrons. The molecule has 0 spiro atoms. The maximum atomic E-state index is 12.2. The Balaban J connectivity index is 1.50. The van der Waals surface area contributed by atoms with Gasteiger partial charge in [-0.1, -0.05) is 30.3 Å². The van der Waals surface area contributed by atoms with E-state index in [2.05, 4.69) is 10.2 Å². The first-order valence-electron chi connectivity index (χ1n) is 9.60. The number of benzene rings is 2. The summed E-state index contributed by atoms with van der Waals surface area (Å²) in [6, 6.07) is 15.4. The van der Waals surface area contributed by atoms with E-state index in [-0.39, 0.29) is 24.3 Å². The molecule has 6 nitrogen and oxygen atoms in total. The van der Waals surface area contributed by atoms with Gasteiger partial charge >= 0.3 is 0 Å². The first kappa shape index (κ1) is 19.9. The second kappa shape index (κ2) is 9.37. The van der Waals surface area contributed by atoms with Crippen molar-refractivity contribution in [3.63, 3.8) is 0 Å². The van der Waals surface area contributed by atoms with Gasteiger partial charge in [-0.3, -0.25) is 14.5 Å². The van der Waals surface area contributed by atoms with E-state index < -0.39 is 0 Å². The summed E-state index contributed by atoms with van der Waals surface area (Å²) >= 11 is 0. The van der Waals surface area contributed by atoms with E-state index in [9.17, 15) is 9.59 Å². The number of nitrogens with two attached hydrogens (primary N) is 1. The van der Waals surface area contributed by atoms with Gasteiger partial charge in [0.15, 0.2) is 6.61 Å². The number of nitrogens with one attached hydrogen (secondary N) is 1. The predicted molar refractivity (Wildman–Crippen MR) is 109 cm³/mol. The van der Waals surface area contributed by atoms with Gasteiger partial charge in [-0.05, 0) is 62.2 Å². The summed E-state index contributed by atoms with van der Waals surface area (Å²) in [5.41, 5.74) is 8.26.